The lowest BCUT2D eigenvalue weighted by Crippen LogP contribution is -2.25. The van der Waals surface area contributed by atoms with Crippen molar-refractivity contribution in [2.24, 2.45) is 0 Å². The summed E-state index contributed by atoms with van der Waals surface area (Å²) in [5, 5.41) is 12.2. The number of nitrogens with zero attached hydrogens (tertiary/aromatic N) is 4. The SMILES string of the molecule is CCCNc1nc(SC)nc2c1cnn2CCNC(=O)/C=C\c1ccc2c(c1)OCO2. The van der Waals surface area contributed by atoms with Gasteiger partial charge in [0.25, 0.3) is 0 Å². The summed E-state index contributed by atoms with van der Waals surface area (Å²) in [5.74, 6) is 2.01. The summed E-state index contributed by atoms with van der Waals surface area (Å²) < 4.78 is 12.4. The largest absolute Gasteiger partial charge is 0.454 e. The van der Waals surface area contributed by atoms with Crippen molar-refractivity contribution < 1.29 is 14.3 Å². The number of hydrogen-bond donors (Lipinski definition) is 2. The molecular weight excluding hydrogens is 416 g/mol. The molecule has 0 atom stereocenters. The van der Waals surface area contributed by atoms with E-state index in [1.807, 2.05) is 24.5 Å². The van der Waals surface area contributed by atoms with Crippen molar-refractivity contribution in [3.05, 3.63) is 36.0 Å². The fourth-order valence-corrected chi connectivity index (χ4v) is 3.46. The molecular formula is C21H24N6O3S. The first-order valence-corrected chi connectivity index (χ1v) is 11.3. The van der Waals surface area contributed by atoms with Gasteiger partial charge in [-0.3, -0.25) is 4.79 Å². The zero-order valence-electron chi connectivity index (χ0n) is 17.4. The summed E-state index contributed by atoms with van der Waals surface area (Å²) in [6, 6.07) is 5.55. The number of amides is 1. The lowest BCUT2D eigenvalue weighted by molar-refractivity contribution is -0.116. The molecule has 1 aliphatic rings. The molecule has 2 N–H and O–H groups in total. The summed E-state index contributed by atoms with van der Waals surface area (Å²) in [6.45, 7) is 4.10. The number of benzene rings is 1. The van der Waals surface area contributed by atoms with Crippen LogP contribution in [0, 0.1) is 0 Å². The predicted octanol–water partition coefficient (Wildman–Crippen LogP) is 2.93. The van der Waals surface area contributed by atoms with Gasteiger partial charge in [-0.15, -0.1) is 0 Å². The highest BCUT2D eigenvalue weighted by atomic mass is 32.2. The van der Waals surface area contributed by atoms with Gasteiger partial charge in [-0.2, -0.15) is 5.10 Å². The van der Waals surface area contributed by atoms with Gasteiger partial charge in [0, 0.05) is 19.2 Å². The van der Waals surface area contributed by atoms with Crippen LogP contribution in [0.2, 0.25) is 0 Å². The van der Waals surface area contributed by atoms with Crippen LogP contribution in [0.1, 0.15) is 18.9 Å². The Labute approximate surface area is 184 Å². The van der Waals surface area contributed by atoms with Crippen LogP contribution in [0.15, 0.2) is 35.6 Å². The van der Waals surface area contributed by atoms with E-state index in [1.165, 1.54) is 17.8 Å². The number of nitrogens with one attached hydrogen (secondary N) is 2. The van der Waals surface area contributed by atoms with Crippen molar-refractivity contribution in [3.63, 3.8) is 0 Å². The van der Waals surface area contributed by atoms with E-state index in [0.717, 1.165) is 41.1 Å². The Balaban J connectivity index is 1.37. The number of ether oxygens (including phenoxy) is 2. The van der Waals surface area contributed by atoms with Gasteiger partial charge in [-0.25, -0.2) is 14.6 Å². The first kappa shape index (κ1) is 21.0. The van der Waals surface area contributed by atoms with E-state index >= 15 is 0 Å². The number of anilines is 1. The van der Waals surface area contributed by atoms with Gasteiger partial charge in [0.2, 0.25) is 12.7 Å². The van der Waals surface area contributed by atoms with Crippen molar-refractivity contribution in [1.29, 1.82) is 0 Å². The summed E-state index contributed by atoms with van der Waals surface area (Å²) in [6.07, 6.45) is 7.95. The van der Waals surface area contributed by atoms with Gasteiger partial charge in [0.05, 0.1) is 18.1 Å². The molecule has 0 saturated carbocycles. The summed E-state index contributed by atoms with van der Waals surface area (Å²) in [5.41, 5.74) is 1.62. The van der Waals surface area contributed by atoms with Crippen LogP contribution in [-0.4, -0.2) is 51.8 Å². The van der Waals surface area contributed by atoms with Gasteiger partial charge in [-0.1, -0.05) is 24.8 Å². The topological polar surface area (TPSA) is 103 Å². The second-order valence-electron chi connectivity index (χ2n) is 6.83. The van der Waals surface area contributed by atoms with Crippen LogP contribution in [0.4, 0.5) is 5.82 Å². The number of thioether (sulfide) groups is 1. The summed E-state index contributed by atoms with van der Waals surface area (Å²) in [4.78, 5) is 21.3. The average molecular weight is 441 g/mol. The molecule has 0 unspecified atom stereocenters. The molecule has 9 nitrogen and oxygen atoms in total. The molecule has 31 heavy (non-hydrogen) atoms. The lowest BCUT2D eigenvalue weighted by atomic mass is 10.2. The molecule has 10 heteroatoms. The van der Waals surface area contributed by atoms with Crippen molar-refractivity contribution in [1.82, 2.24) is 25.1 Å². The minimum absolute atomic E-state index is 0.182. The lowest BCUT2D eigenvalue weighted by Gasteiger charge is -2.08. The number of carbonyl (C=O) groups excluding carboxylic acids is 1. The van der Waals surface area contributed by atoms with Crippen LogP contribution in [0.25, 0.3) is 17.1 Å². The highest BCUT2D eigenvalue weighted by Gasteiger charge is 2.13. The van der Waals surface area contributed by atoms with Crippen molar-refractivity contribution >= 4 is 40.6 Å². The van der Waals surface area contributed by atoms with E-state index < -0.39 is 0 Å². The Hall–Kier alpha value is -3.27. The van der Waals surface area contributed by atoms with Gasteiger partial charge >= 0.3 is 0 Å². The van der Waals surface area contributed by atoms with E-state index in [0.29, 0.717) is 24.0 Å². The van der Waals surface area contributed by atoms with Gasteiger partial charge in [0.1, 0.15) is 5.82 Å². The zero-order valence-corrected chi connectivity index (χ0v) is 18.2. The van der Waals surface area contributed by atoms with Crippen molar-refractivity contribution in [2.45, 2.75) is 25.0 Å². The van der Waals surface area contributed by atoms with Crippen LogP contribution in [-0.2, 0) is 11.3 Å². The standard InChI is InChI=1S/C21H24N6O3S/c1-3-8-23-19-15-12-24-27(20(15)26-21(25-19)31-2)10-9-22-18(28)7-5-14-4-6-16-17(11-14)30-13-29-16/h4-7,11-12H,3,8-10,13H2,1-2H3,(H,22,28)(H,23,25,26)/b7-5-. The smallest absolute Gasteiger partial charge is 0.244 e. The second-order valence-corrected chi connectivity index (χ2v) is 7.60. The Morgan fingerprint density at radius 3 is 2.97 bits per heavy atom. The highest BCUT2D eigenvalue weighted by molar-refractivity contribution is 7.98. The molecule has 4 rings (SSSR count). The Morgan fingerprint density at radius 2 is 2.13 bits per heavy atom. The number of rotatable bonds is 9. The monoisotopic (exact) mass is 440 g/mol. The maximum Gasteiger partial charge on any atom is 0.244 e. The molecule has 1 amide bonds. The maximum absolute atomic E-state index is 12.2. The van der Waals surface area contributed by atoms with Crippen LogP contribution < -0.4 is 20.1 Å². The summed E-state index contributed by atoms with van der Waals surface area (Å²) >= 11 is 1.48. The van der Waals surface area contributed by atoms with Gasteiger partial charge < -0.3 is 20.1 Å². The molecule has 0 saturated heterocycles. The molecule has 1 aliphatic heterocycles. The Kier molecular flexibility index (Phi) is 6.56. The summed E-state index contributed by atoms with van der Waals surface area (Å²) in [7, 11) is 0. The quantitative estimate of drug-likeness (QED) is 0.297. The number of carbonyl (C=O) groups is 1. The normalized spacial score (nSPS) is 12.6. The predicted molar refractivity (Wildman–Crippen MR) is 120 cm³/mol. The van der Waals surface area contributed by atoms with Gasteiger partial charge in [0.15, 0.2) is 22.3 Å². The molecule has 162 valence electrons. The zero-order chi connectivity index (χ0) is 21.6. The molecule has 3 heterocycles. The molecule has 0 bridgehead atoms. The molecule has 2 aromatic heterocycles. The molecule has 1 aromatic carbocycles. The minimum Gasteiger partial charge on any atom is -0.454 e. The molecule has 0 spiro atoms. The van der Waals surface area contributed by atoms with E-state index in [4.69, 9.17) is 9.47 Å². The maximum atomic E-state index is 12.2. The van der Waals surface area contributed by atoms with Crippen molar-refractivity contribution in [2.75, 3.05) is 31.5 Å². The van der Waals surface area contributed by atoms with Crippen LogP contribution in [0.3, 0.4) is 0 Å². The minimum atomic E-state index is -0.182. The number of hydrogen-bond acceptors (Lipinski definition) is 8. The number of fused-ring (bicyclic) bond motifs is 2. The third kappa shape index (κ3) is 4.91. The van der Waals surface area contributed by atoms with Crippen molar-refractivity contribution in [3.8, 4) is 11.5 Å². The Bertz CT molecular complexity index is 1110. The number of aromatic nitrogens is 4. The van der Waals surface area contributed by atoms with E-state index in [2.05, 4.69) is 32.6 Å². The fourth-order valence-electron chi connectivity index (χ4n) is 3.10. The second kappa shape index (κ2) is 9.69. The molecule has 0 fully saturated rings. The van der Waals surface area contributed by atoms with E-state index in [1.54, 1.807) is 17.0 Å². The first-order valence-electron chi connectivity index (χ1n) is 10.0. The van der Waals surface area contributed by atoms with Crippen LogP contribution >= 0.6 is 11.8 Å². The molecule has 0 aliphatic carbocycles. The van der Waals surface area contributed by atoms with E-state index in [-0.39, 0.29) is 12.7 Å². The highest BCUT2D eigenvalue weighted by Crippen LogP contribution is 2.32. The van der Waals surface area contributed by atoms with Gasteiger partial charge in [-0.05, 0) is 36.4 Å². The third-order valence-electron chi connectivity index (χ3n) is 4.65. The first-order chi connectivity index (χ1) is 15.2. The molecule has 0 radical (unpaired) electrons. The fraction of sp³-hybridized carbons (Fsp3) is 0.333. The third-order valence-corrected chi connectivity index (χ3v) is 5.20. The van der Waals surface area contributed by atoms with E-state index in [9.17, 15) is 4.79 Å². The molecule has 3 aromatic rings. The van der Waals surface area contributed by atoms with Crippen LogP contribution in [0.5, 0.6) is 11.5 Å². The Morgan fingerprint density at radius 1 is 1.26 bits per heavy atom. The average Bonchev–Trinajstić information content (AvgIpc) is 3.42.